The van der Waals surface area contributed by atoms with Gasteiger partial charge in [0, 0.05) is 28.9 Å². The van der Waals surface area contributed by atoms with Crippen molar-refractivity contribution < 1.29 is 9.84 Å². The number of nitrogens with zero attached hydrogens (tertiary/aromatic N) is 3. The molecular formula is C20H27N3O2. The highest BCUT2D eigenvalue weighted by Gasteiger charge is 2.45. The summed E-state index contributed by atoms with van der Waals surface area (Å²) in [7, 11) is 0. The number of rotatable bonds is 5. The minimum atomic E-state index is -0.235. The van der Waals surface area contributed by atoms with Crippen LogP contribution in [0.1, 0.15) is 63.5 Å². The van der Waals surface area contributed by atoms with Gasteiger partial charge in [0.1, 0.15) is 17.1 Å². The molecule has 2 atom stereocenters. The molecule has 1 heterocycles. The fourth-order valence-corrected chi connectivity index (χ4v) is 4.28. The SMILES string of the molecule is CC1=CC2c3c(O)cc(CCCCN=[N+]=[N-])cc3OC(C)(C)[C@H]2CC1. The van der Waals surface area contributed by atoms with Gasteiger partial charge in [-0.3, -0.25) is 0 Å². The molecule has 0 radical (unpaired) electrons. The summed E-state index contributed by atoms with van der Waals surface area (Å²) in [4.78, 5) is 2.77. The van der Waals surface area contributed by atoms with Crippen molar-refractivity contribution in [3.05, 3.63) is 45.4 Å². The molecule has 1 N–H and O–H groups in total. The molecule has 1 unspecified atom stereocenters. The quantitative estimate of drug-likeness (QED) is 0.247. The standard InChI is InChI=1S/C20H27N3O2/c1-13-7-8-16-15(10-13)19-17(24)11-14(6-4-5-9-22-23-21)12-18(19)25-20(16,2)3/h10-12,15-16,24H,4-9H2,1-3H3/t15?,16-/m0/s1. The molecule has 2 aliphatic rings. The van der Waals surface area contributed by atoms with Gasteiger partial charge in [0.2, 0.25) is 0 Å². The molecular weight excluding hydrogens is 314 g/mol. The van der Waals surface area contributed by atoms with Crippen LogP contribution in [0.4, 0.5) is 0 Å². The predicted molar refractivity (Wildman–Crippen MR) is 99.0 cm³/mol. The van der Waals surface area contributed by atoms with E-state index in [9.17, 15) is 5.11 Å². The maximum absolute atomic E-state index is 10.7. The average molecular weight is 341 g/mol. The van der Waals surface area contributed by atoms with Gasteiger partial charge in [0.25, 0.3) is 0 Å². The van der Waals surface area contributed by atoms with Gasteiger partial charge >= 0.3 is 0 Å². The molecule has 3 rings (SSSR count). The molecule has 0 bridgehead atoms. The molecule has 0 spiro atoms. The monoisotopic (exact) mass is 341 g/mol. The topological polar surface area (TPSA) is 78.2 Å². The fourth-order valence-electron chi connectivity index (χ4n) is 4.28. The Balaban J connectivity index is 1.87. The lowest BCUT2D eigenvalue weighted by atomic mass is 9.68. The molecule has 1 aliphatic carbocycles. The first-order valence-corrected chi connectivity index (χ1v) is 9.15. The highest BCUT2D eigenvalue weighted by Crippen LogP contribution is 2.53. The van der Waals surface area contributed by atoms with E-state index in [4.69, 9.17) is 10.3 Å². The van der Waals surface area contributed by atoms with Gasteiger partial charge < -0.3 is 9.84 Å². The number of azide groups is 1. The maximum atomic E-state index is 10.7. The van der Waals surface area contributed by atoms with Gasteiger partial charge in [0.05, 0.1) is 0 Å². The van der Waals surface area contributed by atoms with E-state index in [-0.39, 0.29) is 11.5 Å². The number of unbranched alkanes of at least 4 members (excludes halogenated alkanes) is 1. The highest BCUT2D eigenvalue weighted by atomic mass is 16.5. The van der Waals surface area contributed by atoms with Gasteiger partial charge in [-0.2, -0.15) is 0 Å². The molecule has 0 saturated carbocycles. The van der Waals surface area contributed by atoms with Crippen molar-refractivity contribution in [3.63, 3.8) is 0 Å². The Hall–Kier alpha value is -2.13. The van der Waals surface area contributed by atoms with Crippen LogP contribution in [0.3, 0.4) is 0 Å². The maximum Gasteiger partial charge on any atom is 0.127 e. The molecule has 1 aromatic carbocycles. The zero-order chi connectivity index (χ0) is 18.0. The number of phenolic OH excluding ortho intramolecular Hbond substituents is 1. The van der Waals surface area contributed by atoms with Crippen molar-refractivity contribution in [3.8, 4) is 11.5 Å². The number of allylic oxidation sites excluding steroid dienone is 2. The van der Waals surface area contributed by atoms with Crippen molar-refractivity contribution in [2.45, 2.75) is 64.4 Å². The highest BCUT2D eigenvalue weighted by molar-refractivity contribution is 5.53. The molecule has 5 heteroatoms. The molecule has 25 heavy (non-hydrogen) atoms. The molecule has 5 nitrogen and oxygen atoms in total. The zero-order valence-electron chi connectivity index (χ0n) is 15.3. The molecule has 1 aliphatic heterocycles. The lowest BCUT2D eigenvalue weighted by Crippen LogP contribution is -2.45. The van der Waals surface area contributed by atoms with Crippen LogP contribution < -0.4 is 4.74 Å². The van der Waals surface area contributed by atoms with Crippen molar-refractivity contribution in [1.82, 2.24) is 0 Å². The second kappa shape index (κ2) is 7.01. The molecule has 0 amide bonds. The van der Waals surface area contributed by atoms with Crippen LogP contribution in [0.5, 0.6) is 11.5 Å². The normalized spacial score (nSPS) is 23.6. The average Bonchev–Trinajstić information content (AvgIpc) is 2.53. The summed E-state index contributed by atoms with van der Waals surface area (Å²) in [6.07, 6.45) is 7.13. The van der Waals surface area contributed by atoms with Crippen molar-refractivity contribution >= 4 is 0 Å². The van der Waals surface area contributed by atoms with E-state index < -0.39 is 0 Å². The second-order valence-corrected chi connectivity index (χ2v) is 7.83. The summed E-state index contributed by atoms with van der Waals surface area (Å²) in [5.74, 6) is 1.79. The van der Waals surface area contributed by atoms with Crippen LogP contribution in [0.15, 0.2) is 28.9 Å². The van der Waals surface area contributed by atoms with Gasteiger partial charge in [-0.05, 0) is 76.1 Å². The number of aryl methyl sites for hydroxylation is 1. The van der Waals surface area contributed by atoms with E-state index in [2.05, 4.69) is 42.9 Å². The van der Waals surface area contributed by atoms with Gasteiger partial charge in [0.15, 0.2) is 0 Å². The summed E-state index contributed by atoms with van der Waals surface area (Å²) in [5.41, 5.74) is 11.5. The van der Waals surface area contributed by atoms with Gasteiger partial charge in [-0.15, -0.1) is 0 Å². The summed E-state index contributed by atoms with van der Waals surface area (Å²) in [6.45, 7) is 7.01. The van der Waals surface area contributed by atoms with E-state index in [0.29, 0.717) is 18.2 Å². The van der Waals surface area contributed by atoms with Crippen LogP contribution >= 0.6 is 0 Å². The molecule has 1 aromatic rings. The third-order valence-corrected chi connectivity index (χ3v) is 5.56. The molecule has 0 aromatic heterocycles. The Bertz CT molecular complexity index is 733. The number of fused-ring (bicyclic) bond motifs is 3. The molecule has 0 saturated heterocycles. The van der Waals surface area contributed by atoms with Crippen LogP contribution in [0.25, 0.3) is 10.4 Å². The number of hydrogen-bond donors (Lipinski definition) is 1. The Morgan fingerprint density at radius 2 is 2.16 bits per heavy atom. The van der Waals surface area contributed by atoms with Gasteiger partial charge in [-0.25, -0.2) is 0 Å². The second-order valence-electron chi connectivity index (χ2n) is 7.83. The van der Waals surface area contributed by atoms with E-state index in [1.165, 1.54) is 5.57 Å². The predicted octanol–water partition coefficient (Wildman–Crippen LogP) is 5.64. The minimum Gasteiger partial charge on any atom is -0.507 e. The Morgan fingerprint density at radius 3 is 2.92 bits per heavy atom. The summed E-state index contributed by atoms with van der Waals surface area (Å²) >= 11 is 0. The number of phenols is 1. The third kappa shape index (κ3) is 3.62. The van der Waals surface area contributed by atoms with Crippen molar-refractivity contribution in [2.24, 2.45) is 11.0 Å². The van der Waals surface area contributed by atoms with Crippen LogP contribution in [-0.2, 0) is 6.42 Å². The Kier molecular flexibility index (Phi) is 4.96. The van der Waals surface area contributed by atoms with E-state index >= 15 is 0 Å². The first-order valence-electron chi connectivity index (χ1n) is 9.15. The van der Waals surface area contributed by atoms with Crippen LogP contribution in [0, 0.1) is 5.92 Å². The van der Waals surface area contributed by atoms with Gasteiger partial charge in [-0.1, -0.05) is 16.8 Å². The first-order chi connectivity index (χ1) is 11.9. The van der Waals surface area contributed by atoms with Crippen molar-refractivity contribution in [1.29, 1.82) is 0 Å². The summed E-state index contributed by atoms with van der Waals surface area (Å²) < 4.78 is 6.33. The third-order valence-electron chi connectivity index (χ3n) is 5.56. The largest absolute Gasteiger partial charge is 0.507 e. The Morgan fingerprint density at radius 1 is 1.36 bits per heavy atom. The Labute approximate surface area is 149 Å². The lowest BCUT2D eigenvalue weighted by Gasteiger charge is -2.46. The number of ether oxygens (including phenoxy) is 1. The summed E-state index contributed by atoms with van der Waals surface area (Å²) in [5, 5.41) is 14.3. The van der Waals surface area contributed by atoms with Crippen LogP contribution in [0.2, 0.25) is 0 Å². The van der Waals surface area contributed by atoms with E-state index in [1.807, 2.05) is 6.07 Å². The molecule has 0 fully saturated rings. The van der Waals surface area contributed by atoms with Crippen molar-refractivity contribution in [2.75, 3.05) is 6.54 Å². The van der Waals surface area contributed by atoms with Crippen LogP contribution in [-0.4, -0.2) is 17.3 Å². The van der Waals surface area contributed by atoms with E-state index in [1.54, 1.807) is 0 Å². The smallest absolute Gasteiger partial charge is 0.127 e. The summed E-state index contributed by atoms with van der Waals surface area (Å²) in [6, 6.07) is 3.96. The zero-order valence-corrected chi connectivity index (χ0v) is 15.3. The lowest BCUT2D eigenvalue weighted by molar-refractivity contribution is 0.0107. The number of aromatic hydroxyl groups is 1. The fraction of sp³-hybridized carbons (Fsp3) is 0.600. The number of benzene rings is 1. The minimum absolute atomic E-state index is 0.228. The number of hydrogen-bond acceptors (Lipinski definition) is 3. The molecule has 134 valence electrons. The van der Waals surface area contributed by atoms with E-state index in [0.717, 1.165) is 49.0 Å². The first kappa shape index (κ1) is 17.7.